The predicted octanol–water partition coefficient (Wildman–Crippen LogP) is 6.86. The quantitative estimate of drug-likeness (QED) is 0.0128. The summed E-state index contributed by atoms with van der Waals surface area (Å²) in [4.78, 5) is 69.9. The summed E-state index contributed by atoms with van der Waals surface area (Å²) in [7, 11) is -9.96. The molecule has 2 amide bonds. The van der Waals surface area contributed by atoms with Crippen molar-refractivity contribution < 1.29 is 101 Å². The van der Waals surface area contributed by atoms with Gasteiger partial charge in [-0.3, -0.25) is 28.0 Å². The molecule has 0 bridgehead atoms. The Hall–Kier alpha value is -1.77. The van der Waals surface area contributed by atoms with Crippen LogP contribution in [0.1, 0.15) is 226 Å². The van der Waals surface area contributed by atoms with E-state index in [0.717, 1.165) is 89.9 Å². The van der Waals surface area contributed by atoms with E-state index in [-0.39, 0.29) is 19.3 Å². The molecule has 2 fully saturated rings. The molecule has 24 nitrogen and oxygen atoms in total. The topological polar surface area (TPSA) is 371 Å². The van der Waals surface area contributed by atoms with Crippen molar-refractivity contribution in [3.8, 4) is 0 Å². The average Bonchev–Trinajstić information content (AvgIpc) is 3.55. The van der Waals surface area contributed by atoms with Crippen LogP contribution in [0.3, 0.4) is 0 Å². The highest BCUT2D eigenvalue weighted by atomic mass is 31.2. The molecule has 478 valence electrons. The standard InChI is InChI=1S/C55H107N3O21P2/c1-4-7-10-13-16-19-22-25-28-31-41(60)36-45(61)57-48-51(65)50(64)44(78-54(48)72-34-35-74-81(70,71)75-40-56)39-73-55-49(52(66)53(43(38-59)77-55)79-80(67,68)69)58-46(62)37-42(32-29-26-23-20-17-14-11-8-5-2)76-47(63)33-30-27-24-21-18-15-12-9-6-3/h41-44,48-55,59-60,64-66H,4-40,56H2,1-3H3,(H,57,61)(H,58,62)(H,70,71)(H2,67,68,69)/t41-,42-,43-,44-,48-,49-,50-,51-,52-,53-,54+,55-/m1/s1. The lowest BCUT2D eigenvalue weighted by Crippen LogP contribution is -2.67. The van der Waals surface area contributed by atoms with Gasteiger partial charge in [0.2, 0.25) is 11.8 Å². The third kappa shape index (κ3) is 34.2. The number of aliphatic hydroxyl groups is 5. The Balaban J connectivity index is 2.27. The first kappa shape index (κ1) is 75.3. The van der Waals surface area contributed by atoms with Crippen LogP contribution >= 0.6 is 15.6 Å². The van der Waals surface area contributed by atoms with E-state index in [1.54, 1.807) is 0 Å². The summed E-state index contributed by atoms with van der Waals surface area (Å²) in [5, 5.41) is 60.8. The Morgan fingerprint density at radius 3 is 1.53 bits per heavy atom. The molecule has 0 saturated carbocycles. The van der Waals surface area contributed by atoms with Crippen molar-refractivity contribution in [3.05, 3.63) is 0 Å². The second kappa shape index (κ2) is 44.6. The van der Waals surface area contributed by atoms with Crippen LogP contribution in [0.2, 0.25) is 0 Å². The fraction of sp³-hybridized carbons (Fsp3) is 0.945. The van der Waals surface area contributed by atoms with Gasteiger partial charge in [-0.05, 0) is 25.7 Å². The Kier molecular flexibility index (Phi) is 41.5. The molecule has 0 spiro atoms. The van der Waals surface area contributed by atoms with Crippen molar-refractivity contribution in [2.75, 3.05) is 33.2 Å². The number of aliphatic hydroxyl groups excluding tert-OH is 5. The van der Waals surface area contributed by atoms with Crippen LogP contribution in [0.25, 0.3) is 0 Å². The second-order valence-electron chi connectivity index (χ2n) is 21.8. The number of unbranched alkanes of at least 4 members (excludes halogenated alkanes) is 24. The lowest BCUT2D eigenvalue weighted by Gasteiger charge is -2.45. The number of amides is 2. The Morgan fingerprint density at radius 1 is 0.568 bits per heavy atom. The highest BCUT2D eigenvalue weighted by Crippen LogP contribution is 2.43. The van der Waals surface area contributed by atoms with Gasteiger partial charge in [0, 0.05) is 6.42 Å². The molecule has 2 rings (SSSR count). The zero-order valence-corrected chi connectivity index (χ0v) is 50.7. The van der Waals surface area contributed by atoms with Crippen molar-refractivity contribution in [2.45, 2.75) is 300 Å². The largest absolute Gasteiger partial charge is 0.473 e. The van der Waals surface area contributed by atoms with E-state index in [2.05, 4.69) is 35.9 Å². The molecule has 26 heteroatoms. The molecule has 2 saturated heterocycles. The first-order valence-corrected chi connectivity index (χ1v) is 33.5. The number of carbonyl (C=O) groups excluding carboxylic acids is 3. The zero-order valence-electron chi connectivity index (χ0n) is 48.9. The molecule has 12 N–H and O–H groups in total. The monoisotopic (exact) mass is 1210 g/mol. The van der Waals surface area contributed by atoms with Gasteiger partial charge >= 0.3 is 21.6 Å². The van der Waals surface area contributed by atoms with E-state index in [4.69, 9.17) is 38.5 Å². The molecule has 81 heavy (non-hydrogen) atoms. The van der Waals surface area contributed by atoms with E-state index >= 15 is 0 Å². The van der Waals surface area contributed by atoms with Crippen LogP contribution in [-0.4, -0.2) is 165 Å². The third-order valence-electron chi connectivity index (χ3n) is 14.6. The van der Waals surface area contributed by atoms with Crippen molar-refractivity contribution in [2.24, 2.45) is 5.73 Å². The first-order valence-electron chi connectivity index (χ1n) is 30.5. The number of ether oxygens (including phenoxy) is 5. The van der Waals surface area contributed by atoms with Gasteiger partial charge in [0.1, 0.15) is 61.5 Å². The van der Waals surface area contributed by atoms with Crippen LogP contribution in [0.4, 0.5) is 0 Å². The first-order chi connectivity index (χ1) is 38.8. The fourth-order valence-electron chi connectivity index (χ4n) is 10.1. The maximum Gasteiger partial charge on any atom is 0.473 e. The SMILES string of the molecule is CCCCCCCCCCCC(=O)O[C@H](CCCCCCCCCCC)CC(=O)N[C@H]1[C@H](OC[C@H]2O[C@H](OCCOP(=O)(O)OCN)[C@H](NC(=O)C[C@H](O)CCCCCCCCCCC)[C@@H](O)[C@@H]2O)O[C@H](CO)[C@@H](OP(=O)(O)O)[C@@H]1O. The van der Waals surface area contributed by atoms with Crippen LogP contribution in [0.15, 0.2) is 0 Å². The minimum Gasteiger partial charge on any atom is -0.462 e. The summed E-state index contributed by atoms with van der Waals surface area (Å²) >= 11 is 0. The molecule has 0 aromatic carbocycles. The third-order valence-corrected chi connectivity index (χ3v) is 16.1. The Morgan fingerprint density at radius 2 is 1.02 bits per heavy atom. The maximum atomic E-state index is 14.0. The summed E-state index contributed by atoms with van der Waals surface area (Å²) in [6.07, 6.45) is 12.3. The van der Waals surface area contributed by atoms with Crippen molar-refractivity contribution in [3.63, 3.8) is 0 Å². The molecule has 2 aliphatic rings. The van der Waals surface area contributed by atoms with Gasteiger partial charge in [-0.2, -0.15) is 0 Å². The van der Waals surface area contributed by atoms with Gasteiger partial charge in [-0.1, -0.05) is 181 Å². The molecule has 1 unspecified atom stereocenters. The number of rotatable bonds is 50. The van der Waals surface area contributed by atoms with Crippen LogP contribution in [0.5, 0.6) is 0 Å². The predicted molar refractivity (Wildman–Crippen MR) is 302 cm³/mol. The maximum absolute atomic E-state index is 14.0. The van der Waals surface area contributed by atoms with E-state index in [9.17, 15) is 63.7 Å². The highest BCUT2D eigenvalue weighted by molar-refractivity contribution is 7.47. The molecular formula is C55H107N3O21P2. The number of nitrogens with one attached hydrogen (secondary N) is 2. The van der Waals surface area contributed by atoms with Gasteiger partial charge in [0.25, 0.3) is 0 Å². The average molecular weight is 1210 g/mol. The molecular weight excluding hydrogens is 1100 g/mol. The van der Waals surface area contributed by atoms with Gasteiger partial charge in [-0.25, -0.2) is 9.13 Å². The molecule has 0 radical (unpaired) electrons. The van der Waals surface area contributed by atoms with Crippen LogP contribution < -0.4 is 16.4 Å². The van der Waals surface area contributed by atoms with Crippen LogP contribution in [-0.2, 0) is 60.8 Å². The van der Waals surface area contributed by atoms with E-state index < -0.39 is 140 Å². The lowest BCUT2D eigenvalue weighted by atomic mass is 9.95. The summed E-state index contributed by atoms with van der Waals surface area (Å²) in [6.45, 7) is 3.08. The number of nitrogens with two attached hydrogens (primary N) is 1. The molecule has 2 aliphatic heterocycles. The van der Waals surface area contributed by atoms with Gasteiger partial charge in [0.05, 0.1) is 45.4 Å². The smallest absolute Gasteiger partial charge is 0.462 e. The number of carbonyl (C=O) groups is 3. The van der Waals surface area contributed by atoms with E-state index in [1.165, 1.54) is 64.2 Å². The van der Waals surface area contributed by atoms with Crippen molar-refractivity contribution >= 4 is 33.4 Å². The normalized spacial score (nSPS) is 24.8. The summed E-state index contributed by atoms with van der Waals surface area (Å²) in [5.74, 6) is -1.95. The molecule has 0 aliphatic carbocycles. The van der Waals surface area contributed by atoms with E-state index in [0.29, 0.717) is 32.1 Å². The number of hydrogen-bond acceptors (Lipinski definition) is 19. The summed E-state index contributed by atoms with van der Waals surface area (Å²) in [5.41, 5.74) is 5.20. The van der Waals surface area contributed by atoms with Crippen LogP contribution in [0, 0.1) is 0 Å². The number of hydrogen-bond donors (Lipinski definition) is 11. The van der Waals surface area contributed by atoms with Crippen molar-refractivity contribution in [1.82, 2.24) is 10.6 Å². The zero-order chi connectivity index (χ0) is 59.9. The summed E-state index contributed by atoms with van der Waals surface area (Å²) < 4.78 is 67.9. The minimum absolute atomic E-state index is 0.161. The molecule has 2 heterocycles. The fourth-order valence-corrected chi connectivity index (χ4v) is 11.2. The Labute approximate surface area is 482 Å². The van der Waals surface area contributed by atoms with Gasteiger partial charge in [0.15, 0.2) is 12.6 Å². The highest BCUT2D eigenvalue weighted by Gasteiger charge is 2.51. The number of phosphoric acid groups is 2. The second-order valence-corrected chi connectivity index (χ2v) is 24.4. The number of phosphoric ester groups is 2. The van der Waals surface area contributed by atoms with E-state index in [1.807, 2.05) is 0 Å². The Bertz CT molecular complexity index is 1740. The van der Waals surface area contributed by atoms with Gasteiger partial charge in [-0.15, -0.1) is 0 Å². The number of esters is 1. The molecule has 0 aromatic rings. The molecule has 0 aromatic heterocycles. The van der Waals surface area contributed by atoms with Gasteiger partial charge < -0.3 is 80.3 Å². The minimum atomic E-state index is -5.37. The summed E-state index contributed by atoms with van der Waals surface area (Å²) in [6, 6.07) is -3.20. The lowest BCUT2D eigenvalue weighted by molar-refractivity contribution is -0.303. The molecule has 13 atom stereocenters. The van der Waals surface area contributed by atoms with Crippen molar-refractivity contribution in [1.29, 1.82) is 0 Å².